The van der Waals surface area contributed by atoms with E-state index in [1.54, 1.807) is 6.20 Å². The highest BCUT2D eigenvalue weighted by atomic mass is 16.1. The van der Waals surface area contributed by atoms with Crippen molar-refractivity contribution in [3.05, 3.63) is 47.2 Å². The number of amides is 1. The Morgan fingerprint density at radius 2 is 1.76 bits per heavy atom. The van der Waals surface area contributed by atoms with Crippen LogP contribution in [0.2, 0.25) is 0 Å². The second-order valence-electron chi connectivity index (χ2n) is 9.83. The van der Waals surface area contributed by atoms with E-state index in [9.17, 15) is 10.1 Å². The zero-order valence-corrected chi connectivity index (χ0v) is 17.7. The van der Waals surface area contributed by atoms with Crippen LogP contribution in [0.1, 0.15) is 56.6 Å². The highest BCUT2D eigenvalue weighted by Gasteiger charge is 2.53. The van der Waals surface area contributed by atoms with Crippen molar-refractivity contribution in [2.75, 3.05) is 6.54 Å². The Labute approximate surface area is 174 Å². The topological polar surface area (TPSA) is 64.9 Å². The SMILES string of the molecule is Cc1ccc(CCN/C=C(/C#N)C(=O)NC(C)C23CC4CC(CC(C4)C2)C3)cc1. The second-order valence-corrected chi connectivity index (χ2v) is 9.83. The van der Waals surface area contributed by atoms with Gasteiger partial charge in [-0.2, -0.15) is 5.26 Å². The van der Waals surface area contributed by atoms with Gasteiger partial charge in [-0.25, -0.2) is 0 Å². The molecular formula is C25H33N3O. The van der Waals surface area contributed by atoms with E-state index in [0.29, 0.717) is 6.54 Å². The first-order valence-electron chi connectivity index (χ1n) is 11.2. The highest BCUT2D eigenvalue weighted by Crippen LogP contribution is 2.61. The van der Waals surface area contributed by atoms with Crippen LogP contribution in [0, 0.1) is 41.4 Å². The van der Waals surface area contributed by atoms with Crippen LogP contribution in [0.3, 0.4) is 0 Å². The minimum atomic E-state index is -0.237. The average Bonchev–Trinajstić information content (AvgIpc) is 2.68. The zero-order valence-electron chi connectivity index (χ0n) is 17.7. The quantitative estimate of drug-likeness (QED) is 0.415. The third-order valence-electron chi connectivity index (χ3n) is 7.64. The number of benzene rings is 1. The summed E-state index contributed by atoms with van der Waals surface area (Å²) in [6, 6.07) is 10.6. The van der Waals surface area contributed by atoms with Gasteiger partial charge in [0.25, 0.3) is 5.91 Å². The van der Waals surface area contributed by atoms with Gasteiger partial charge >= 0.3 is 0 Å². The standard InChI is InChI=1S/C25H33N3O/c1-17-3-5-19(6-4-17)7-8-27-16-23(15-26)24(29)28-18(2)25-12-20-9-21(13-25)11-22(10-20)14-25/h3-6,16,18,20-22,27H,7-14H2,1-2H3,(H,28,29)/b23-16-. The molecule has 5 rings (SSSR count). The Bertz CT molecular complexity index is 782. The Kier molecular flexibility index (Phi) is 5.67. The average molecular weight is 392 g/mol. The minimum absolute atomic E-state index is 0.132. The Balaban J connectivity index is 1.31. The van der Waals surface area contributed by atoms with Crippen LogP contribution >= 0.6 is 0 Å². The molecule has 4 aliphatic rings. The molecule has 1 unspecified atom stereocenters. The molecule has 1 atom stereocenters. The Morgan fingerprint density at radius 1 is 1.17 bits per heavy atom. The number of aryl methyl sites for hydroxylation is 1. The van der Waals surface area contributed by atoms with E-state index in [4.69, 9.17) is 0 Å². The van der Waals surface area contributed by atoms with Crippen LogP contribution < -0.4 is 10.6 Å². The van der Waals surface area contributed by atoms with Crippen molar-refractivity contribution in [2.24, 2.45) is 23.2 Å². The van der Waals surface area contributed by atoms with Gasteiger partial charge in [0.1, 0.15) is 11.6 Å². The summed E-state index contributed by atoms with van der Waals surface area (Å²) in [5.74, 6) is 2.33. The molecule has 4 nitrogen and oxygen atoms in total. The van der Waals surface area contributed by atoms with Gasteiger partial charge in [0.2, 0.25) is 0 Å². The molecule has 4 fully saturated rings. The summed E-state index contributed by atoms with van der Waals surface area (Å²) in [5.41, 5.74) is 2.92. The fraction of sp³-hybridized carbons (Fsp3) is 0.600. The maximum atomic E-state index is 12.7. The van der Waals surface area contributed by atoms with Crippen LogP contribution in [-0.2, 0) is 11.2 Å². The van der Waals surface area contributed by atoms with E-state index in [1.807, 2.05) is 0 Å². The van der Waals surface area contributed by atoms with E-state index in [0.717, 1.165) is 24.2 Å². The number of carbonyl (C=O) groups excluding carboxylic acids is 1. The third kappa shape index (κ3) is 4.34. The van der Waals surface area contributed by atoms with Gasteiger partial charge in [0.15, 0.2) is 0 Å². The highest BCUT2D eigenvalue weighted by molar-refractivity contribution is 5.97. The molecule has 29 heavy (non-hydrogen) atoms. The van der Waals surface area contributed by atoms with Crippen LogP contribution in [0.5, 0.6) is 0 Å². The zero-order chi connectivity index (χ0) is 20.4. The van der Waals surface area contributed by atoms with Gasteiger partial charge in [0.05, 0.1) is 0 Å². The molecule has 0 spiro atoms. The molecule has 0 aliphatic heterocycles. The van der Waals surface area contributed by atoms with Gasteiger partial charge in [-0.1, -0.05) is 29.8 Å². The third-order valence-corrected chi connectivity index (χ3v) is 7.64. The molecule has 1 amide bonds. The van der Waals surface area contributed by atoms with E-state index >= 15 is 0 Å². The molecular weight excluding hydrogens is 358 g/mol. The molecule has 4 bridgehead atoms. The summed E-state index contributed by atoms with van der Waals surface area (Å²) < 4.78 is 0. The van der Waals surface area contributed by atoms with Crippen LogP contribution in [0.4, 0.5) is 0 Å². The van der Waals surface area contributed by atoms with Gasteiger partial charge in [0, 0.05) is 18.8 Å². The molecule has 1 aromatic carbocycles. The lowest BCUT2D eigenvalue weighted by atomic mass is 9.48. The lowest BCUT2D eigenvalue weighted by Gasteiger charge is -2.59. The largest absolute Gasteiger partial charge is 0.389 e. The molecule has 4 saturated carbocycles. The van der Waals surface area contributed by atoms with Crippen molar-refractivity contribution in [1.29, 1.82) is 5.26 Å². The van der Waals surface area contributed by atoms with Gasteiger partial charge in [-0.15, -0.1) is 0 Å². The van der Waals surface area contributed by atoms with Crippen molar-refractivity contribution >= 4 is 5.91 Å². The molecule has 154 valence electrons. The fourth-order valence-corrected chi connectivity index (χ4v) is 6.43. The van der Waals surface area contributed by atoms with E-state index in [1.165, 1.54) is 49.7 Å². The molecule has 0 radical (unpaired) electrons. The number of nitrogens with zero attached hydrogens (tertiary/aromatic N) is 1. The summed E-state index contributed by atoms with van der Waals surface area (Å²) in [6.45, 7) is 4.93. The maximum Gasteiger partial charge on any atom is 0.263 e. The number of hydrogen-bond acceptors (Lipinski definition) is 3. The van der Waals surface area contributed by atoms with Gasteiger partial charge in [-0.3, -0.25) is 4.79 Å². The van der Waals surface area contributed by atoms with Gasteiger partial charge in [-0.05, 0) is 87.5 Å². The normalized spacial score (nSPS) is 31.2. The predicted molar refractivity (Wildman–Crippen MR) is 115 cm³/mol. The van der Waals surface area contributed by atoms with Crippen molar-refractivity contribution in [3.8, 4) is 6.07 Å². The smallest absolute Gasteiger partial charge is 0.263 e. The first kappa shape index (κ1) is 20.0. The molecule has 0 heterocycles. The monoisotopic (exact) mass is 391 g/mol. The summed E-state index contributed by atoms with van der Waals surface area (Å²) in [7, 11) is 0. The van der Waals surface area contributed by atoms with E-state index in [2.05, 4.69) is 54.8 Å². The van der Waals surface area contributed by atoms with Crippen molar-refractivity contribution in [3.63, 3.8) is 0 Å². The predicted octanol–water partition coefficient (Wildman–Crippen LogP) is 4.26. The molecule has 0 aromatic heterocycles. The lowest BCUT2D eigenvalue weighted by molar-refractivity contribution is -0.122. The van der Waals surface area contributed by atoms with Crippen molar-refractivity contribution < 1.29 is 4.79 Å². The summed E-state index contributed by atoms with van der Waals surface area (Å²) in [6.07, 6.45) is 10.4. The second kappa shape index (κ2) is 8.22. The number of rotatable bonds is 7. The Morgan fingerprint density at radius 3 is 2.31 bits per heavy atom. The molecule has 4 aliphatic carbocycles. The summed E-state index contributed by atoms with van der Waals surface area (Å²) in [5, 5.41) is 15.8. The summed E-state index contributed by atoms with van der Waals surface area (Å²) >= 11 is 0. The van der Waals surface area contributed by atoms with Crippen LogP contribution in [0.15, 0.2) is 36.0 Å². The Hall–Kier alpha value is -2.28. The minimum Gasteiger partial charge on any atom is -0.389 e. The molecule has 0 saturated heterocycles. The fourth-order valence-electron chi connectivity index (χ4n) is 6.43. The van der Waals surface area contributed by atoms with Crippen LogP contribution in [0.25, 0.3) is 0 Å². The van der Waals surface area contributed by atoms with E-state index < -0.39 is 0 Å². The van der Waals surface area contributed by atoms with E-state index in [-0.39, 0.29) is 22.9 Å². The lowest BCUT2D eigenvalue weighted by Crippen LogP contribution is -2.56. The van der Waals surface area contributed by atoms with Crippen LogP contribution in [-0.4, -0.2) is 18.5 Å². The molecule has 2 N–H and O–H groups in total. The van der Waals surface area contributed by atoms with Gasteiger partial charge < -0.3 is 10.6 Å². The number of nitriles is 1. The van der Waals surface area contributed by atoms with Crippen molar-refractivity contribution in [1.82, 2.24) is 10.6 Å². The summed E-state index contributed by atoms with van der Waals surface area (Å²) in [4.78, 5) is 12.7. The molecule has 1 aromatic rings. The first-order chi connectivity index (χ1) is 14.0. The maximum absolute atomic E-state index is 12.7. The molecule has 4 heteroatoms. The number of carbonyl (C=O) groups is 1. The van der Waals surface area contributed by atoms with Crippen molar-refractivity contribution in [2.45, 2.75) is 64.8 Å². The number of hydrogen-bond donors (Lipinski definition) is 2. The number of nitrogens with one attached hydrogen (secondary N) is 2. The first-order valence-corrected chi connectivity index (χ1v) is 11.2.